The van der Waals surface area contributed by atoms with Crippen LogP contribution in [0.4, 0.5) is 15.8 Å². The molecule has 0 atom stereocenters. The molecule has 0 fully saturated rings. The molecule has 0 amide bonds. The van der Waals surface area contributed by atoms with Crippen molar-refractivity contribution in [2.45, 2.75) is 6.54 Å². The van der Waals surface area contributed by atoms with Crippen molar-refractivity contribution >= 4 is 50.1 Å². The molecular weight excluding hydrogens is 463 g/mol. The third-order valence-electron chi connectivity index (χ3n) is 4.67. The number of hydrogen-bond donors (Lipinski definition) is 1. The molecule has 1 aliphatic rings. The minimum Gasteiger partial charge on any atom is -0.495 e. The van der Waals surface area contributed by atoms with Gasteiger partial charge in [0.2, 0.25) is 5.78 Å². The zero-order chi connectivity index (χ0) is 22.2. The first-order valence-corrected chi connectivity index (χ1v) is 11.7. The molecule has 1 aliphatic heterocycles. The van der Waals surface area contributed by atoms with Gasteiger partial charge in [-0.05, 0) is 47.3 Å². The summed E-state index contributed by atoms with van der Waals surface area (Å²) in [5, 5.41) is 4.83. The van der Waals surface area contributed by atoms with Crippen LogP contribution in [0.2, 0.25) is 5.02 Å². The van der Waals surface area contributed by atoms with Gasteiger partial charge < -0.3 is 10.1 Å². The van der Waals surface area contributed by atoms with Crippen LogP contribution in [0.15, 0.2) is 65.0 Å². The van der Waals surface area contributed by atoms with Crippen LogP contribution < -0.4 is 14.4 Å². The summed E-state index contributed by atoms with van der Waals surface area (Å²) in [6, 6.07) is 12.0. The number of thiophene rings is 1. The molecule has 6 nitrogen and oxygen atoms in total. The molecule has 0 unspecified atom stereocenters. The fourth-order valence-corrected chi connectivity index (χ4v) is 5.86. The van der Waals surface area contributed by atoms with Gasteiger partial charge >= 0.3 is 0 Å². The number of methoxy groups -OCH3 is 1. The highest BCUT2D eigenvalue weighted by Gasteiger charge is 2.41. The molecule has 31 heavy (non-hydrogen) atoms. The SMILES string of the molecule is COc1ccc(NC=C2C(=O)c3sccc3N(Cc3ccc(F)cc3)S2(=O)=O)cc1Cl. The summed E-state index contributed by atoms with van der Waals surface area (Å²) in [6.07, 6.45) is 1.16. The Hall–Kier alpha value is -2.88. The van der Waals surface area contributed by atoms with E-state index >= 15 is 0 Å². The normalized spacial score (nSPS) is 16.3. The fourth-order valence-electron chi connectivity index (χ4n) is 3.12. The summed E-state index contributed by atoms with van der Waals surface area (Å²) >= 11 is 7.27. The number of halogens is 2. The number of carbonyl (C=O) groups excluding carboxylic acids is 1. The highest BCUT2D eigenvalue weighted by atomic mass is 35.5. The van der Waals surface area contributed by atoms with Crippen LogP contribution in [0, 0.1) is 5.82 Å². The highest BCUT2D eigenvalue weighted by Crippen LogP contribution is 2.39. The van der Waals surface area contributed by atoms with Gasteiger partial charge in [-0.1, -0.05) is 23.7 Å². The standard InChI is InChI=1S/C21H16ClFN2O4S2/c1-29-18-7-6-15(10-16(18)22)24-11-19-20(26)21-17(8-9-30-21)25(31(19,27)28)12-13-2-4-14(23)5-3-13/h2-11,24H,12H2,1H3. The van der Waals surface area contributed by atoms with Crippen LogP contribution in [-0.2, 0) is 16.6 Å². The molecule has 0 radical (unpaired) electrons. The van der Waals surface area contributed by atoms with Crippen molar-refractivity contribution in [1.82, 2.24) is 0 Å². The first kappa shape index (κ1) is 21.4. The third kappa shape index (κ3) is 4.04. The van der Waals surface area contributed by atoms with Gasteiger partial charge in [-0.2, -0.15) is 0 Å². The Morgan fingerprint density at radius 3 is 2.61 bits per heavy atom. The second kappa shape index (κ2) is 8.33. The zero-order valence-electron chi connectivity index (χ0n) is 16.1. The maximum absolute atomic E-state index is 13.3. The lowest BCUT2D eigenvalue weighted by atomic mass is 10.2. The van der Waals surface area contributed by atoms with Crippen LogP contribution >= 0.6 is 22.9 Å². The topological polar surface area (TPSA) is 75.7 Å². The van der Waals surface area contributed by atoms with Crippen molar-refractivity contribution in [3.05, 3.63) is 86.3 Å². The number of benzene rings is 2. The van der Waals surface area contributed by atoms with E-state index in [2.05, 4.69) is 5.32 Å². The zero-order valence-corrected chi connectivity index (χ0v) is 18.5. The molecule has 1 N–H and O–H groups in total. The number of nitrogens with zero attached hydrogens (tertiary/aromatic N) is 1. The van der Waals surface area contributed by atoms with E-state index < -0.39 is 26.5 Å². The lowest BCUT2D eigenvalue weighted by Crippen LogP contribution is -2.38. The Labute approximate surface area is 187 Å². The number of sulfonamides is 1. The fraction of sp³-hybridized carbons (Fsp3) is 0.0952. The lowest BCUT2D eigenvalue weighted by Gasteiger charge is -2.29. The van der Waals surface area contributed by atoms with Gasteiger partial charge in [0.05, 0.1) is 24.4 Å². The van der Waals surface area contributed by atoms with Gasteiger partial charge in [-0.25, -0.2) is 12.8 Å². The van der Waals surface area contributed by atoms with E-state index in [1.807, 2.05) is 0 Å². The molecule has 0 spiro atoms. The molecular formula is C21H16ClFN2O4S2. The van der Waals surface area contributed by atoms with Crippen LogP contribution in [0.3, 0.4) is 0 Å². The van der Waals surface area contributed by atoms with Gasteiger partial charge in [-0.3, -0.25) is 9.10 Å². The molecule has 3 aromatic rings. The van der Waals surface area contributed by atoms with Crippen LogP contribution in [0.25, 0.3) is 0 Å². The number of hydrogen-bond acceptors (Lipinski definition) is 6. The van der Waals surface area contributed by atoms with E-state index in [0.29, 0.717) is 32.6 Å². The number of anilines is 2. The molecule has 2 aromatic carbocycles. The summed E-state index contributed by atoms with van der Waals surface area (Å²) in [7, 11) is -2.68. The Bertz CT molecular complexity index is 1290. The summed E-state index contributed by atoms with van der Waals surface area (Å²) in [5.41, 5.74) is 1.39. The van der Waals surface area contributed by atoms with E-state index in [1.54, 1.807) is 29.6 Å². The summed E-state index contributed by atoms with van der Waals surface area (Å²) in [5.74, 6) is -0.540. The van der Waals surface area contributed by atoms with E-state index in [9.17, 15) is 17.6 Å². The second-order valence-electron chi connectivity index (χ2n) is 6.60. The molecule has 0 aliphatic carbocycles. The van der Waals surface area contributed by atoms with Gasteiger partial charge in [0, 0.05) is 11.9 Å². The molecule has 0 saturated carbocycles. The Morgan fingerprint density at radius 2 is 1.94 bits per heavy atom. The number of Topliss-reactive ketones (excluding diaryl/α,β-unsaturated/α-hetero) is 1. The van der Waals surface area contributed by atoms with Gasteiger partial charge in [-0.15, -0.1) is 11.3 Å². The Balaban J connectivity index is 1.71. The van der Waals surface area contributed by atoms with Crippen LogP contribution in [0.5, 0.6) is 5.75 Å². The molecule has 0 saturated heterocycles. The molecule has 10 heteroatoms. The average Bonchev–Trinajstić information content (AvgIpc) is 3.22. The largest absolute Gasteiger partial charge is 0.495 e. The van der Waals surface area contributed by atoms with Crippen molar-refractivity contribution in [2.75, 3.05) is 16.7 Å². The number of allylic oxidation sites excluding steroid dienone is 1. The monoisotopic (exact) mass is 478 g/mol. The van der Waals surface area contributed by atoms with Crippen LogP contribution in [-0.4, -0.2) is 21.3 Å². The number of ketones is 1. The number of rotatable bonds is 5. The van der Waals surface area contributed by atoms with Crippen molar-refractivity contribution < 1.29 is 22.3 Å². The first-order valence-electron chi connectivity index (χ1n) is 9.01. The number of fused-ring (bicyclic) bond motifs is 1. The minimum absolute atomic E-state index is 0.0364. The average molecular weight is 479 g/mol. The van der Waals surface area contributed by atoms with Crippen molar-refractivity contribution in [1.29, 1.82) is 0 Å². The van der Waals surface area contributed by atoms with Gasteiger partial charge in [0.25, 0.3) is 10.0 Å². The first-order chi connectivity index (χ1) is 14.8. The summed E-state index contributed by atoms with van der Waals surface area (Å²) < 4.78 is 46.2. The van der Waals surface area contributed by atoms with E-state index in [1.165, 1.54) is 31.4 Å². The number of nitrogens with one attached hydrogen (secondary N) is 1. The maximum Gasteiger partial charge on any atom is 0.270 e. The van der Waals surface area contributed by atoms with E-state index in [0.717, 1.165) is 21.8 Å². The van der Waals surface area contributed by atoms with E-state index in [4.69, 9.17) is 16.3 Å². The smallest absolute Gasteiger partial charge is 0.270 e. The molecule has 1 aromatic heterocycles. The Morgan fingerprint density at radius 1 is 1.19 bits per heavy atom. The predicted molar refractivity (Wildman–Crippen MR) is 120 cm³/mol. The predicted octanol–water partition coefficient (Wildman–Crippen LogP) is 5.04. The number of carbonyl (C=O) groups is 1. The second-order valence-corrected chi connectivity index (χ2v) is 9.76. The van der Waals surface area contributed by atoms with E-state index in [-0.39, 0.29) is 6.54 Å². The van der Waals surface area contributed by atoms with Crippen molar-refractivity contribution in [3.8, 4) is 5.75 Å². The molecule has 4 rings (SSSR count). The molecule has 2 heterocycles. The number of ether oxygens (including phenoxy) is 1. The molecule has 160 valence electrons. The molecule has 0 bridgehead atoms. The minimum atomic E-state index is -4.16. The Kier molecular flexibility index (Phi) is 5.74. The summed E-state index contributed by atoms with van der Waals surface area (Å²) in [4.78, 5) is 12.9. The van der Waals surface area contributed by atoms with Crippen molar-refractivity contribution in [3.63, 3.8) is 0 Å². The lowest BCUT2D eigenvalue weighted by molar-refractivity contribution is 0.104. The van der Waals surface area contributed by atoms with Crippen LogP contribution in [0.1, 0.15) is 15.2 Å². The summed E-state index contributed by atoms with van der Waals surface area (Å²) in [6.45, 7) is -0.0364. The third-order valence-corrected chi connectivity index (χ3v) is 7.64. The van der Waals surface area contributed by atoms with Gasteiger partial charge in [0.15, 0.2) is 4.91 Å². The highest BCUT2D eigenvalue weighted by molar-refractivity contribution is 7.97. The van der Waals surface area contributed by atoms with Gasteiger partial charge in [0.1, 0.15) is 16.4 Å². The quantitative estimate of drug-likeness (QED) is 0.520. The van der Waals surface area contributed by atoms with Crippen molar-refractivity contribution in [2.24, 2.45) is 0 Å². The maximum atomic E-state index is 13.3.